The van der Waals surface area contributed by atoms with Crippen molar-refractivity contribution in [3.05, 3.63) is 70.9 Å². The molecule has 0 aromatic heterocycles. The second-order valence-electron chi connectivity index (χ2n) is 5.90. The Kier molecular flexibility index (Phi) is 6.36. The number of nitrogens with zero attached hydrogens (tertiary/aromatic N) is 1. The van der Waals surface area contributed by atoms with Gasteiger partial charge < -0.3 is 5.32 Å². The van der Waals surface area contributed by atoms with Gasteiger partial charge in [0.1, 0.15) is 10.1 Å². The van der Waals surface area contributed by atoms with E-state index in [-0.39, 0.29) is 24.1 Å². The number of thiocarbonyl (C=S) groups is 1. The molecule has 1 heterocycles. The molecule has 1 saturated heterocycles. The third-order valence-electron chi connectivity index (χ3n) is 3.88. The van der Waals surface area contributed by atoms with Gasteiger partial charge in [0.25, 0.3) is 5.91 Å². The predicted molar refractivity (Wildman–Crippen MR) is 111 cm³/mol. The second-order valence-corrected chi connectivity index (χ2v) is 7.58. The third kappa shape index (κ3) is 5.24. The maximum atomic E-state index is 12.9. The molecule has 7 heteroatoms. The van der Waals surface area contributed by atoms with Crippen molar-refractivity contribution in [3.8, 4) is 0 Å². The van der Waals surface area contributed by atoms with Crippen molar-refractivity contribution in [1.29, 1.82) is 0 Å². The maximum Gasteiger partial charge on any atom is 0.266 e. The monoisotopic (exact) mass is 400 g/mol. The fraction of sp³-hybridized carbons (Fsp3) is 0.150. The zero-order valence-corrected chi connectivity index (χ0v) is 16.0. The lowest BCUT2D eigenvalue weighted by Gasteiger charge is -2.14. The summed E-state index contributed by atoms with van der Waals surface area (Å²) >= 11 is 6.57. The lowest BCUT2D eigenvalue weighted by molar-refractivity contribution is -0.122. The Balaban J connectivity index is 1.51. The van der Waals surface area contributed by atoms with Crippen LogP contribution in [0, 0.1) is 5.82 Å². The fourth-order valence-corrected chi connectivity index (χ4v) is 3.86. The molecule has 1 aliphatic heterocycles. The number of carbonyl (C=O) groups is 2. The Bertz CT molecular complexity index is 883. The number of anilines is 1. The molecule has 0 atom stereocenters. The molecule has 0 saturated carbocycles. The molecule has 2 aromatic rings. The van der Waals surface area contributed by atoms with Crippen molar-refractivity contribution in [3.63, 3.8) is 0 Å². The smallest absolute Gasteiger partial charge is 0.266 e. The molecular weight excluding hydrogens is 383 g/mol. The van der Waals surface area contributed by atoms with Crippen LogP contribution in [0.5, 0.6) is 0 Å². The highest BCUT2D eigenvalue weighted by atomic mass is 32.2. The van der Waals surface area contributed by atoms with Crippen molar-refractivity contribution in [2.24, 2.45) is 0 Å². The van der Waals surface area contributed by atoms with Crippen LogP contribution in [-0.4, -0.2) is 27.6 Å². The Hall–Kier alpha value is -2.51. The molecule has 0 spiro atoms. The molecule has 0 aliphatic carbocycles. The van der Waals surface area contributed by atoms with Crippen LogP contribution in [0.2, 0.25) is 0 Å². The Morgan fingerprint density at radius 1 is 1.15 bits per heavy atom. The number of carbonyl (C=O) groups excluding carboxylic acids is 2. The molecule has 3 rings (SSSR count). The molecule has 2 aromatic carbocycles. The summed E-state index contributed by atoms with van der Waals surface area (Å²) in [5.41, 5.74) is 1.48. The minimum atomic E-state index is -0.356. The van der Waals surface area contributed by atoms with Crippen molar-refractivity contribution in [2.45, 2.75) is 12.8 Å². The van der Waals surface area contributed by atoms with E-state index >= 15 is 0 Å². The molecule has 138 valence electrons. The topological polar surface area (TPSA) is 49.4 Å². The number of thioether (sulfide) groups is 1. The first-order chi connectivity index (χ1) is 13.0. The predicted octanol–water partition coefficient (Wildman–Crippen LogP) is 4.45. The number of amides is 2. The normalized spacial score (nSPS) is 15.4. The first-order valence-electron chi connectivity index (χ1n) is 8.39. The van der Waals surface area contributed by atoms with Gasteiger partial charge >= 0.3 is 0 Å². The van der Waals surface area contributed by atoms with Crippen molar-refractivity contribution in [2.75, 3.05) is 11.9 Å². The van der Waals surface area contributed by atoms with Crippen LogP contribution >= 0.6 is 24.0 Å². The molecule has 0 unspecified atom stereocenters. The minimum absolute atomic E-state index is 0.132. The summed E-state index contributed by atoms with van der Waals surface area (Å²) in [4.78, 5) is 26.6. The van der Waals surface area contributed by atoms with Gasteiger partial charge in [-0.15, -0.1) is 0 Å². The van der Waals surface area contributed by atoms with E-state index in [1.807, 2.05) is 36.4 Å². The Morgan fingerprint density at radius 2 is 1.85 bits per heavy atom. The summed E-state index contributed by atoms with van der Waals surface area (Å²) in [6.45, 7) is 0.383. The summed E-state index contributed by atoms with van der Waals surface area (Å²) in [6.07, 6.45) is 2.55. The molecule has 0 radical (unpaired) electrons. The molecule has 1 N–H and O–H groups in total. The molecular formula is C20H17FN2O2S2. The number of benzene rings is 2. The highest BCUT2D eigenvalue weighted by Crippen LogP contribution is 2.32. The average molecular weight is 401 g/mol. The zero-order chi connectivity index (χ0) is 19.2. The van der Waals surface area contributed by atoms with Gasteiger partial charge in [-0.25, -0.2) is 4.39 Å². The summed E-state index contributed by atoms with van der Waals surface area (Å²) in [5, 5.41) is 2.70. The van der Waals surface area contributed by atoms with Crippen molar-refractivity contribution >= 4 is 51.9 Å². The van der Waals surface area contributed by atoms with E-state index in [4.69, 9.17) is 12.2 Å². The Labute approximate surface area is 166 Å². The van der Waals surface area contributed by atoms with Crippen LogP contribution in [-0.2, 0) is 9.59 Å². The largest absolute Gasteiger partial charge is 0.326 e. The van der Waals surface area contributed by atoms with Gasteiger partial charge in [-0.05, 0) is 42.3 Å². The van der Waals surface area contributed by atoms with E-state index in [1.54, 1.807) is 0 Å². The summed E-state index contributed by atoms with van der Waals surface area (Å²) in [5.74, 6) is -0.675. The second kappa shape index (κ2) is 8.92. The first kappa shape index (κ1) is 19.3. The number of rotatable bonds is 6. The standard InChI is InChI=1S/C20H17FN2O2S2/c21-15-8-10-16(11-9-15)22-18(24)7-4-12-23-19(25)17(27-20(23)26)13-14-5-2-1-3-6-14/h1-3,5-6,8-11,13H,4,7,12H2,(H,22,24)/b17-13-. The van der Waals surface area contributed by atoms with Gasteiger partial charge in [-0.3, -0.25) is 14.5 Å². The number of hydrogen-bond acceptors (Lipinski definition) is 4. The molecule has 2 amide bonds. The average Bonchev–Trinajstić information content (AvgIpc) is 2.92. The fourth-order valence-electron chi connectivity index (χ4n) is 2.55. The van der Waals surface area contributed by atoms with Crippen molar-refractivity contribution in [1.82, 2.24) is 4.90 Å². The number of halogens is 1. The number of hydrogen-bond donors (Lipinski definition) is 1. The van der Waals surface area contributed by atoms with Gasteiger partial charge in [-0.2, -0.15) is 0 Å². The number of nitrogens with one attached hydrogen (secondary N) is 1. The van der Waals surface area contributed by atoms with E-state index in [9.17, 15) is 14.0 Å². The molecule has 4 nitrogen and oxygen atoms in total. The zero-order valence-electron chi connectivity index (χ0n) is 14.4. The van der Waals surface area contributed by atoms with Crippen LogP contribution in [0.4, 0.5) is 10.1 Å². The van der Waals surface area contributed by atoms with Crippen LogP contribution in [0.1, 0.15) is 18.4 Å². The molecule has 0 bridgehead atoms. The minimum Gasteiger partial charge on any atom is -0.326 e. The lowest BCUT2D eigenvalue weighted by atomic mass is 10.2. The van der Waals surface area contributed by atoms with Crippen LogP contribution in [0.3, 0.4) is 0 Å². The summed E-state index contributed by atoms with van der Waals surface area (Å²) in [6, 6.07) is 15.2. The molecule has 1 aliphatic rings. The molecule has 27 heavy (non-hydrogen) atoms. The quantitative estimate of drug-likeness (QED) is 0.575. The summed E-state index contributed by atoms with van der Waals surface area (Å²) in [7, 11) is 0. The van der Waals surface area contributed by atoms with Gasteiger partial charge in [0.2, 0.25) is 5.91 Å². The highest BCUT2D eigenvalue weighted by Gasteiger charge is 2.31. The Morgan fingerprint density at radius 3 is 2.56 bits per heavy atom. The van der Waals surface area contributed by atoms with Gasteiger partial charge in [0, 0.05) is 18.7 Å². The van der Waals surface area contributed by atoms with Crippen LogP contribution < -0.4 is 5.32 Å². The van der Waals surface area contributed by atoms with Gasteiger partial charge in [0.05, 0.1) is 4.91 Å². The third-order valence-corrected chi connectivity index (χ3v) is 5.26. The lowest BCUT2D eigenvalue weighted by Crippen LogP contribution is -2.29. The van der Waals surface area contributed by atoms with Crippen LogP contribution in [0.25, 0.3) is 6.08 Å². The van der Waals surface area contributed by atoms with Crippen molar-refractivity contribution < 1.29 is 14.0 Å². The molecule has 1 fully saturated rings. The summed E-state index contributed by atoms with van der Waals surface area (Å²) < 4.78 is 13.4. The van der Waals surface area contributed by atoms with E-state index in [1.165, 1.54) is 40.9 Å². The maximum absolute atomic E-state index is 12.9. The first-order valence-corrected chi connectivity index (χ1v) is 9.61. The van der Waals surface area contributed by atoms with Crippen LogP contribution in [0.15, 0.2) is 59.5 Å². The highest BCUT2D eigenvalue weighted by molar-refractivity contribution is 8.26. The van der Waals surface area contributed by atoms with Gasteiger partial charge in [-0.1, -0.05) is 54.3 Å². The van der Waals surface area contributed by atoms with E-state index < -0.39 is 0 Å². The van der Waals surface area contributed by atoms with E-state index in [0.717, 1.165) is 5.56 Å². The van der Waals surface area contributed by atoms with E-state index in [2.05, 4.69) is 5.32 Å². The SMILES string of the molecule is O=C(CCCN1C(=O)/C(=C/c2ccccc2)SC1=S)Nc1ccc(F)cc1. The van der Waals surface area contributed by atoms with Gasteiger partial charge in [0.15, 0.2) is 0 Å². The van der Waals surface area contributed by atoms with E-state index in [0.29, 0.717) is 27.9 Å².